The van der Waals surface area contributed by atoms with E-state index in [1.165, 1.54) is 12.1 Å². The number of aryl methyl sites for hydroxylation is 1. The minimum atomic E-state index is -0.250. The molecule has 0 fully saturated rings. The van der Waals surface area contributed by atoms with Gasteiger partial charge in [-0.1, -0.05) is 0 Å². The lowest BCUT2D eigenvalue weighted by atomic mass is 10.3. The van der Waals surface area contributed by atoms with Gasteiger partial charge in [-0.3, -0.25) is 9.67 Å². The molecule has 0 bridgehead atoms. The molecule has 0 unspecified atom stereocenters. The van der Waals surface area contributed by atoms with Gasteiger partial charge in [-0.15, -0.1) is 24.0 Å². The Balaban J connectivity index is 0.00000338. The van der Waals surface area contributed by atoms with Crippen LogP contribution < -0.4 is 15.4 Å². The van der Waals surface area contributed by atoms with Crippen molar-refractivity contribution >= 4 is 29.9 Å². The maximum atomic E-state index is 12.8. The first-order chi connectivity index (χ1) is 12.3. The zero-order valence-corrected chi connectivity index (χ0v) is 17.4. The maximum Gasteiger partial charge on any atom is 0.190 e. The lowest BCUT2D eigenvalue weighted by Crippen LogP contribution is -2.38. The first-order valence-electron chi connectivity index (χ1n) is 8.58. The van der Waals surface area contributed by atoms with Gasteiger partial charge in [0.1, 0.15) is 11.6 Å². The van der Waals surface area contributed by atoms with Crippen LogP contribution in [0.3, 0.4) is 0 Å². The average Bonchev–Trinajstić information content (AvgIpc) is 3.14. The third-order valence-corrected chi connectivity index (χ3v) is 3.59. The minimum absolute atomic E-state index is 0. The summed E-state index contributed by atoms with van der Waals surface area (Å²) in [6.45, 7) is 3.17. The fourth-order valence-electron chi connectivity index (χ4n) is 2.26. The number of nitrogens with one attached hydrogen (secondary N) is 2. The van der Waals surface area contributed by atoms with E-state index in [9.17, 15) is 4.39 Å². The molecule has 0 atom stereocenters. The summed E-state index contributed by atoms with van der Waals surface area (Å²) in [6.07, 6.45) is 6.61. The summed E-state index contributed by atoms with van der Waals surface area (Å²) in [5.74, 6) is 1.25. The molecule has 2 rings (SSSR count). The van der Waals surface area contributed by atoms with Crippen LogP contribution in [0, 0.1) is 5.82 Å². The Hall–Kier alpha value is -1.84. The van der Waals surface area contributed by atoms with Gasteiger partial charge in [0.05, 0.1) is 6.61 Å². The second-order valence-corrected chi connectivity index (χ2v) is 5.56. The van der Waals surface area contributed by atoms with Crippen LogP contribution in [0.25, 0.3) is 0 Å². The zero-order valence-electron chi connectivity index (χ0n) is 15.0. The van der Waals surface area contributed by atoms with Crippen molar-refractivity contribution in [3.05, 3.63) is 48.5 Å². The Labute approximate surface area is 171 Å². The second kappa shape index (κ2) is 13.4. The van der Waals surface area contributed by atoms with Crippen LogP contribution in [0.1, 0.15) is 19.3 Å². The SMILES string of the molecule is CN=C(NCCCCOc1ccc(F)cc1)NCCCn1cccn1.I. The molecule has 0 aliphatic carbocycles. The molecule has 0 radical (unpaired) electrons. The molecule has 1 aromatic heterocycles. The number of hydrogen-bond acceptors (Lipinski definition) is 3. The Morgan fingerprint density at radius 2 is 1.88 bits per heavy atom. The summed E-state index contributed by atoms with van der Waals surface area (Å²) in [5.41, 5.74) is 0. The predicted octanol–water partition coefficient (Wildman–Crippen LogP) is 3.05. The molecule has 0 amide bonds. The van der Waals surface area contributed by atoms with Crippen LogP contribution >= 0.6 is 24.0 Å². The average molecular weight is 475 g/mol. The van der Waals surface area contributed by atoms with E-state index in [1.807, 2.05) is 16.9 Å². The highest BCUT2D eigenvalue weighted by Gasteiger charge is 1.98. The molecule has 1 heterocycles. The van der Waals surface area contributed by atoms with Crippen molar-refractivity contribution in [2.24, 2.45) is 4.99 Å². The molecular weight excluding hydrogens is 448 g/mol. The van der Waals surface area contributed by atoms with Crippen LogP contribution in [0.4, 0.5) is 4.39 Å². The van der Waals surface area contributed by atoms with Crippen molar-refractivity contribution in [3.63, 3.8) is 0 Å². The largest absolute Gasteiger partial charge is 0.494 e. The van der Waals surface area contributed by atoms with Crippen molar-refractivity contribution in [2.45, 2.75) is 25.8 Å². The lowest BCUT2D eigenvalue weighted by Gasteiger charge is -2.12. The third-order valence-electron chi connectivity index (χ3n) is 3.59. The predicted molar refractivity (Wildman–Crippen MR) is 113 cm³/mol. The van der Waals surface area contributed by atoms with Gasteiger partial charge in [-0.05, 0) is 49.6 Å². The molecule has 0 spiro atoms. The monoisotopic (exact) mass is 475 g/mol. The molecule has 26 heavy (non-hydrogen) atoms. The van der Waals surface area contributed by atoms with Gasteiger partial charge < -0.3 is 15.4 Å². The van der Waals surface area contributed by atoms with Crippen molar-refractivity contribution < 1.29 is 9.13 Å². The van der Waals surface area contributed by atoms with E-state index in [-0.39, 0.29) is 29.8 Å². The van der Waals surface area contributed by atoms with Crippen LogP contribution in [0.2, 0.25) is 0 Å². The summed E-state index contributed by atoms with van der Waals surface area (Å²) >= 11 is 0. The number of rotatable bonds is 10. The van der Waals surface area contributed by atoms with Crippen molar-refractivity contribution in [1.29, 1.82) is 0 Å². The van der Waals surface area contributed by atoms with Gasteiger partial charge in [0.25, 0.3) is 0 Å². The van der Waals surface area contributed by atoms with Crippen LogP contribution in [0.15, 0.2) is 47.7 Å². The fourth-order valence-corrected chi connectivity index (χ4v) is 2.26. The number of ether oxygens (including phenoxy) is 1. The molecule has 0 saturated carbocycles. The number of benzene rings is 1. The summed E-state index contributed by atoms with van der Waals surface area (Å²) in [7, 11) is 1.76. The van der Waals surface area contributed by atoms with E-state index in [0.717, 1.165) is 44.9 Å². The van der Waals surface area contributed by atoms with E-state index < -0.39 is 0 Å². The van der Waals surface area contributed by atoms with Gasteiger partial charge in [-0.25, -0.2) is 4.39 Å². The number of guanidine groups is 1. The quantitative estimate of drug-likeness (QED) is 0.240. The summed E-state index contributed by atoms with van der Waals surface area (Å²) < 4.78 is 20.3. The topological polar surface area (TPSA) is 63.5 Å². The molecular formula is C18H27FIN5O. The van der Waals surface area contributed by atoms with Crippen LogP contribution in [-0.2, 0) is 6.54 Å². The zero-order chi connectivity index (χ0) is 17.7. The van der Waals surface area contributed by atoms with E-state index in [2.05, 4.69) is 20.7 Å². The Morgan fingerprint density at radius 1 is 1.15 bits per heavy atom. The standard InChI is InChI=1S/C18H26FN5O.HI/c1-20-18(22-11-4-13-24-14-5-12-23-24)21-10-2-3-15-25-17-8-6-16(19)7-9-17;/h5-9,12,14H,2-4,10-11,13,15H2,1H3,(H2,20,21,22);1H. The maximum absolute atomic E-state index is 12.8. The highest BCUT2D eigenvalue weighted by molar-refractivity contribution is 14.0. The van der Waals surface area contributed by atoms with E-state index in [4.69, 9.17) is 4.74 Å². The van der Waals surface area contributed by atoms with Crippen molar-refractivity contribution in [3.8, 4) is 5.75 Å². The van der Waals surface area contributed by atoms with E-state index in [0.29, 0.717) is 12.4 Å². The normalized spacial score (nSPS) is 10.9. The highest BCUT2D eigenvalue weighted by atomic mass is 127. The molecule has 0 aliphatic rings. The van der Waals surface area contributed by atoms with E-state index in [1.54, 1.807) is 25.4 Å². The van der Waals surface area contributed by atoms with Gasteiger partial charge in [-0.2, -0.15) is 5.10 Å². The molecule has 8 heteroatoms. The van der Waals surface area contributed by atoms with E-state index >= 15 is 0 Å². The Kier molecular flexibility index (Phi) is 11.4. The van der Waals surface area contributed by atoms with Crippen molar-refractivity contribution in [2.75, 3.05) is 26.7 Å². The number of hydrogen-bond donors (Lipinski definition) is 2. The third kappa shape index (κ3) is 9.02. The van der Waals surface area contributed by atoms with Crippen LogP contribution in [-0.4, -0.2) is 42.5 Å². The minimum Gasteiger partial charge on any atom is -0.494 e. The van der Waals surface area contributed by atoms with Crippen LogP contribution in [0.5, 0.6) is 5.75 Å². The van der Waals surface area contributed by atoms with Gasteiger partial charge in [0.15, 0.2) is 5.96 Å². The molecule has 1 aromatic carbocycles. The summed E-state index contributed by atoms with van der Waals surface area (Å²) in [6, 6.07) is 8.01. The number of nitrogens with zero attached hydrogens (tertiary/aromatic N) is 3. The lowest BCUT2D eigenvalue weighted by molar-refractivity contribution is 0.306. The summed E-state index contributed by atoms with van der Waals surface area (Å²) in [4.78, 5) is 4.20. The molecule has 0 aliphatic heterocycles. The fraction of sp³-hybridized carbons (Fsp3) is 0.444. The number of unbranched alkanes of at least 4 members (excludes halogenated alkanes) is 1. The molecule has 144 valence electrons. The molecule has 6 nitrogen and oxygen atoms in total. The molecule has 2 aromatic rings. The smallest absolute Gasteiger partial charge is 0.190 e. The van der Waals surface area contributed by atoms with Gasteiger partial charge >= 0.3 is 0 Å². The number of halogens is 2. The Morgan fingerprint density at radius 3 is 2.54 bits per heavy atom. The number of aromatic nitrogens is 2. The van der Waals surface area contributed by atoms with Crippen molar-refractivity contribution in [1.82, 2.24) is 20.4 Å². The molecule has 0 saturated heterocycles. The molecule has 2 N–H and O–H groups in total. The first-order valence-corrected chi connectivity index (χ1v) is 8.58. The Bertz CT molecular complexity index is 619. The summed E-state index contributed by atoms with van der Waals surface area (Å²) in [5, 5.41) is 10.7. The second-order valence-electron chi connectivity index (χ2n) is 5.56. The van der Waals surface area contributed by atoms with Gasteiger partial charge in [0, 0.05) is 39.1 Å². The highest BCUT2D eigenvalue weighted by Crippen LogP contribution is 2.11. The number of aliphatic imine (C=N–C) groups is 1. The first kappa shape index (κ1) is 22.2. The van der Waals surface area contributed by atoms with Gasteiger partial charge in [0.2, 0.25) is 0 Å².